The van der Waals surface area contributed by atoms with Crippen LogP contribution in [0.1, 0.15) is 50.7 Å². The molecule has 0 radical (unpaired) electrons. The van der Waals surface area contributed by atoms with Crippen molar-refractivity contribution in [1.29, 1.82) is 5.41 Å². The zero-order valence-corrected chi connectivity index (χ0v) is 22.9. The average Bonchev–Trinajstić information content (AvgIpc) is 2.84. The number of ether oxygens (including phenoxy) is 1. The van der Waals surface area contributed by atoms with Gasteiger partial charge in [0, 0.05) is 25.2 Å². The molecule has 1 saturated heterocycles. The zero-order chi connectivity index (χ0) is 27.9. The largest absolute Gasteiger partial charge is 0.507 e. The summed E-state index contributed by atoms with van der Waals surface area (Å²) in [5.74, 6) is -0.232. The van der Waals surface area contributed by atoms with Gasteiger partial charge in [0.25, 0.3) is 10.1 Å². The summed E-state index contributed by atoms with van der Waals surface area (Å²) in [5, 5.41) is 35.5. The Kier molecular flexibility index (Phi) is 9.66. The Labute approximate surface area is 224 Å². The minimum absolute atomic E-state index is 0.0240. The first-order chi connectivity index (χ1) is 17.8. The summed E-state index contributed by atoms with van der Waals surface area (Å²) in [4.78, 5) is 14.5. The lowest BCUT2D eigenvalue weighted by atomic mass is 9.92. The third kappa shape index (κ3) is 8.66. The predicted molar refractivity (Wildman–Crippen MR) is 144 cm³/mol. The lowest BCUT2D eigenvalue weighted by Gasteiger charge is -2.34. The van der Waals surface area contributed by atoms with Gasteiger partial charge in [-0.1, -0.05) is 6.07 Å². The lowest BCUT2D eigenvalue weighted by Crippen LogP contribution is -2.43. The Morgan fingerprint density at radius 3 is 2.61 bits per heavy atom. The van der Waals surface area contributed by atoms with Crippen LogP contribution in [-0.2, 0) is 25.5 Å². The van der Waals surface area contributed by atoms with Crippen molar-refractivity contribution >= 4 is 22.0 Å². The molecule has 1 fully saturated rings. The second-order valence-electron chi connectivity index (χ2n) is 10.3. The SMILES string of the molecule is CC(C)(Cc1ccc(O)c(C(=N)NC2=CC=CNC2)c1O)OC(=O)N1CCC(CCCOS(C)(=O)=O)CC1. The molecule has 5 N–H and O–H groups in total. The highest BCUT2D eigenvalue weighted by Crippen LogP contribution is 2.34. The molecule has 12 heteroatoms. The van der Waals surface area contributed by atoms with E-state index < -0.39 is 21.8 Å². The van der Waals surface area contributed by atoms with Gasteiger partial charge in [-0.25, -0.2) is 4.79 Å². The quantitative estimate of drug-likeness (QED) is 0.128. The standard InChI is InChI=1S/C26H38N4O7S/c1-26(2,37-25(33)30-13-10-18(11-14-30)6-5-15-36-38(3,34)35)16-19-8-9-21(31)22(23(19)32)24(27)29-20-7-4-12-28-17-20/h4,7-9,12,18,28,31-32H,5-6,10-11,13-17H2,1-3H3,(H2,27,29). The summed E-state index contributed by atoms with van der Waals surface area (Å²) in [5.41, 5.74) is 0.165. The molecule has 2 aliphatic heterocycles. The van der Waals surface area contributed by atoms with Crippen LogP contribution >= 0.6 is 0 Å². The van der Waals surface area contributed by atoms with Crippen molar-refractivity contribution < 1.29 is 32.3 Å². The maximum atomic E-state index is 12.9. The number of dihydropyridines is 1. The number of hydrogen-bond acceptors (Lipinski definition) is 9. The third-order valence-electron chi connectivity index (χ3n) is 6.49. The van der Waals surface area contributed by atoms with Gasteiger partial charge in [-0.2, -0.15) is 8.42 Å². The molecule has 0 aliphatic carbocycles. The van der Waals surface area contributed by atoms with E-state index >= 15 is 0 Å². The Morgan fingerprint density at radius 1 is 1.26 bits per heavy atom. The van der Waals surface area contributed by atoms with E-state index in [4.69, 9.17) is 14.3 Å². The second kappa shape index (κ2) is 12.5. The van der Waals surface area contributed by atoms with Crippen molar-refractivity contribution in [3.63, 3.8) is 0 Å². The molecule has 1 aromatic rings. The molecule has 1 amide bonds. The topological polar surface area (TPSA) is 161 Å². The van der Waals surface area contributed by atoms with Gasteiger partial charge in [-0.05, 0) is 75.4 Å². The van der Waals surface area contributed by atoms with Gasteiger partial charge in [0.15, 0.2) is 0 Å². The molecule has 2 heterocycles. The fraction of sp³-hybridized carbons (Fsp3) is 0.538. The number of nitrogens with one attached hydrogen (secondary N) is 3. The number of nitrogens with zero attached hydrogens (tertiary/aromatic N) is 1. The molecular weight excluding hydrogens is 512 g/mol. The highest BCUT2D eigenvalue weighted by atomic mass is 32.2. The number of amides is 1. The molecule has 1 aromatic carbocycles. The molecule has 0 aromatic heterocycles. The van der Waals surface area contributed by atoms with Crippen LogP contribution in [-0.4, -0.2) is 73.6 Å². The van der Waals surface area contributed by atoms with Crippen LogP contribution in [0.5, 0.6) is 11.5 Å². The van der Waals surface area contributed by atoms with E-state index in [1.165, 1.54) is 6.07 Å². The van der Waals surface area contributed by atoms with Crippen LogP contribution in [0, 0.1) is 11.3 Å². The van der Waals surface area contributed by atoms with Crippen molar-refractivity contribution in [2.45, 2.75) is 51.6 Å². The maximum absolute atomic E-state index is 12.9. The first-order valence-electron chi connectivity index (χ1n) is 12.7. The van der Waals surface area contributed by atoms with Crippen LogP contribution in [0.25, 0.3) is 0 Å². The lowest BCUT2D eigenvalue weighted by molar-refractivity contribution is 0.00737. The highest BCUT2D eigenvalue weighted by molar-refractivity contribution is 7.85. The molecule has 3 rings (SSSR count). The highest BCUT2D eigenvalue weighted by Gasteiger charge is 2.31. The van der Waals surface area contributed by atoms with Gasteiger partial charge in [0.2, 0.25) is 0 Å². The van der Waals surface area contributed by atoms with Crippen LogP contribution in [0.15, 0.2) is 36.2 Å². The zero-order valence-electron chi connectivity index (χ0n) is 22.1. The Bertz CT molecular complexity index is 1190. The number of phenols is 2. The van der Waals surface area contributed by atoms with Crippen molar-refractivity contribution in [1.82, 2.24) is 15.5 Å². The number of rotatable bonds is 10. The van der Waals surface area contributed by atoms with Gasteiger partial charge >= 0.3 is 6.09 Å². The van der Waals surface area contributed by atoms with Crippen molar-refractivity contribution in [3.05, 3.63) is 47.3 Å². The molecule has 0 atom stereocenters. The summed E-state index contributed by atoms with van der Waals surface area (Å²) in [6.07, 6.45) is 9.20. The number of hydrogen-bond donors (Lipinski definition) is 5. The fourth-order valence-corrected chi connectivity index (χ4v) is 4.98. The third-order valence-corrected chi connectivity index (χ3v) is 7.08. The van der Waals surface area contributed by atoms with E-state index in [-0.39, 0.29) is 35.9 Å². The van der Waals surface area contributed by atoms with E-state index in [0.717, 1.165) is 25.5 Å². The van der Waals surface area contributed by atoms with Gasteiger partial charge in [0.05, 0.1) is 19.4 Å². The van der Waals surface area contributed by atoms with E-state index in [1.807, 2.05) is 0 Å². The summed E-state index contributed by atoms with van der Waals surface area (Å²) in [7, 11) is -3.42. The smallest absolute Gasteiger partial charge is 0.410 e. The number of likely N-dealkylation sites (tertiary alicyclic amines) is 1. The first kappa shape index (κ1) is 29.3. The minimum atomic E-state index is -3.42. The number of carbonyl (C=O) groups excluding carboxylic acids is 1. The fourth-order valence-electron chi connectivity index (χ4n) is 4.56. The number of phenolic OH excluding ortho intramolecular Hbond substituents is 2. The molecule has 11 nitrogen and oxygen atoms in total. The molecule has 0 unspecified atom stereocenters. The number of amidine groups is 1. The summed E-state index contributed by atoms with van der Waals surface area (Å²) < 4.78 is 32.7. The van der Waals surface area contributed by atoms with E-state index in [2.05, 4.69) is 10.6 Å². The Hall–Kier alpha value is -3.25. The minimum Gasteiger partial charge on any atom is -0.507 e. The summed E-state index contributed by atoms with van der Waals surface area (Å²) in [6.45, 7) is 5.24. The number of benzene rings is 1. The number of allylic oxidation sites excluding steroid dienone is 2. The average molecular weight is 551 g/mol. The molecule has 0 bridgehead atoms. The van der Waals surface area contributed by atoms with E-state index in [9.17, 15) is 23.4 Å². The molecule has 0 spiro atoms. The number of aromatic hydroxyl groups is 2. The van der Waals surface area contributed by atoms with Crippen LogP contribution in [0.3, 0.4) is 0 Å². The molecule has 2 aliphatic rings. The summed E-state index contributed by atoms with van der Waals surface area (Å²) >= 11 is 0. The number of piperidine rings is 1. The maximum Gasteiger partial charge on any atom is 0.410 e. The van der Waals surface area contributed by atoms with Gasteiger partial charge in [-0.15, -0.1) is 0 Å². The van der Waals surface area contributed by atoms with Crippen molar-refractivity contribution in [3.8, 4) is 11.5 Å². The van der Waals surface area contributed by atoms with E-state index in [1.54, 1.807) is 43.2 Å². The van der Waals surface area contributed by atoms with Crippen LogP contribution in [0.2, 0.25) is 0 Å². The Morgan fingerprint density at radius 2 is 1.97 bits per heavy atom. The molecule has 38 heavy (non-hydrogen) atoms. The number of carbonyl (C=O) groups is 1. The predicted octanol–water partition coefficient (Wildman–Crippen LogP) is 2.94. The monoisotopic (exact) mass is 550 g/mol. The van der Waals surface area contributed by atoms with Crippen molar-refractivity contribution in [2.24, 2.45) is 5.92 Å². The Balaban J connectivity index is 1.54. The van der Waals surface area contributed by atoms with E-state index in [0.29, 0.717) is 43.2 Å². The second-order valence-corrected chi connectivity index (χ2v) is 11.9. The first-order valence-corrected chi connectivity index (χ1v) is 14.5. The molecule has 0 saturated carbocycles. The van der Waals surface area contributed by atoms with Crippen molar-refractivity contribution in [2.75, 3.05) is 32.5 Å². The van der Waals surface area contributed by atoms with Crippen LogP contribution < -0.4 is 10.6 Å². The van der Waals surface area contributed by atoms with Crippen LogP contribution in [0.4, 0.5) is 4.79 Å². The summed E-state index contributed by atoms with van der Waals surface area (Å²) in [6, 6.07) is 2.97. The normalized spacial score (nSPS) is 16.5. The molecular formula is C26H38N4O7S. The van der Waals surface area contributed by atoms with Gasteiger partial charge in [0.1, 0.15) is 28.5 Å². The van der Waals surface area contributed by atoms with Gasteiger partial charge in [-0.3, -0.25) is 9.59 Å². The van der Waals surface area contributed by atoms with Gasteiger partial charge < -0.3 is 30.5 Å². The molecule has 210 valence electrons.